The fourth-order valence-electron chi connectivity index (χ4n) is 1.71. The SMILES string of the molecule is Cn1c(Sc2ncccc2[N+](=O)[O-])nnc1-c1ccco1. The number of hydrogen-bond acceptors (Lipinski definition) is 7. The van der Waals surface area contributed by atoms with Crippen molar-refractivity contribution in [1.82, 2.24) is 19.7 Å². The van der Waals surface area contributed by atoms with E-state index in [1.54, 1.807) is 30.0 Å². The lowest BCUT2D eigenvalue weighted by Crippen LogP contribution is -1.96. The molecule has 0 N–H and O–H groups in total. The van der Waals surface area contributed by atoms with E-state index in [0.717, 1.165) is 11.8 Å². The molecular formula is C12H9N5O3S. The van der Waals surface area contributed by atoms with Crippen LogP contribution in [0.25, 0.3) is 11.6 Å². The number of nitrogens with zero attached hydrogens (tertiary/aromatic N) is 5. The standard InChI is InChI=1S/C12H9N5O3S/c1-16-10(9-5-3-7-20-9)14-15-12(16)21-11-8(17(18)19)4-2-6-13-11/h2-7H,1H3. The topological polar surface area (TPSA) is 99.9 Å². The first-order valence-corrected chi connectivity index (χ1v) is 6.69. The average Bonchev–Trinajstić information content (AvgIpc) is 3.10. The van der Waals surface area contributed by atoms with Crippen LogP contribution in [0, 0.1) is 10.1 Å². The molecule has 9 heteroatoms. The molecule has 0 aromatic carbocycles. The van der Waals surface area contributed by atoms with Crippen molar-refractivity contribution in [2.45, 2.75) is 10.2 Å². The number of nitro groups is 1. The second-order valence-corrected chi connectivity index (χ2v) is 4.99. The highest BCUT2D eigenvalue weighted by Crippen LogP contribution is 2.32. The first-order chi connectivity index (χ1) is 10.2. The Morgan fingerprint density at radius 1 is 1.33 bits per heavy atom. The Morgan fingerprint density at radius 3 is 2.90 bits per heavy atom. The number of rotatable bonds is 4. The lowest BCUT2D eigenvalue weighted by molar-refractivity contribution is -0.388. The third-order valence-corrected chi connectivity index (χ3v) is 3.76. The van der Waals surface area contributed by atoms with Crippen LogP contribution in [0.3, 0.4) is 0 Å². The van der Waals surface area contributed by atoms with Gasteiger partial charge in [-0.3, -0.25) is 10.1 Å². The molecule has 0 aliphatic rings. The van der Waals surface area contributed by atoms with E-state index in [1.165, 1.54) is 18.3 Å². The van der Waals surface area contributed by atoms with Crippen molar-refractivity contribution in [3.05, 3.63) is 46.8 Å². The number of hydrogen-bond donors (Lipinski definition) is 0. The predicted molar refractivity (Wildman–Crippen MR) is 73.7 cm³/mol. The Hall–Kier alpha value is -2.68. The van der Waals surface area contributed by atoms with E-state index in [9.17, 15) is 10.1 Å². The Bertz CT molecular complexity index is 784. The van der Waals surface area contributed by atoms with Crippen LogP contribution in [-0.4, -0.2) is 24.7 Å². The van der Waals surface area contributed by atoms with Gasteiger partial charge in [-0.2, -0.15) is 0 Å². The lowest BCUT2D eigenvalue weighted by atomic mass is 10.4. The van der Waals surface area contributed by atoms with Crippen LogP contribution in [0.2, 0.25) is 0 Å². The molecular weight excluding hydrogens is 294 g/mol. The molecule has 8 nitrogen and oxygen atoms in total. The first kappa shape index (κ1) is 13.3. The molecule has 0 bridgehead atoms. The maximum Gasteiger partial charge on any atom is 0.301 e. The number of pyridine rings is 1. The summed E-state index contributed by atoms with van der Waals surface area (Å²) >= 11 is 1.08. The molecule has 3 heterocycles. The minimum absolute atomic E-state index is 0.0648. The average molecular weight is 303 g/mol. The van der Waals surface area contributed by atoms with Gasteiger partial charge in [0.2, 0.25) is 0 Å². The van der Waals surface area contributed by atoms with E-state index in [2.05, 4.69) is 15.2 Å². The third kappa shape index (κ3) is 2.50. The van der Waals surface area contributed by atoms with Crippen molar-refractivity contribution in [1.29, 1.82) is 0 Å². The van der Waals surface area contributed by atoms with Gasteiger partial charge in [0.25, 0.3) is 0 Å². The molecule has 0 aliphatic heterocycles. The second-order valence-electron chi connectivity index (χ2n) is 4.03. The van der Waals surface area contributed by atoms with Crippen LogP contribution in [0.4, 0.5) is 5.69 Å². The van der Waals surface area contributed by atoms with Crippen LogP contribution in [-0.2, 0) is 7.05 Å². The van der Waals surface area contributed by atoms with Gasteiger partial charge < -0.3 is 8.98 Å². The molecule has 3 rings (SSSR count). The van der Waals surface area contributed by atoms with E-state index in [-0.39, 0.29) is 10.7 Å². The molecule has 0 amide bonds. The lowest BCUT2D eigenvalue weighted by Gasteiger charge is -2.02. The molecule has 21 heavy (non-hydrogen) atoms. The largest absolute Gasteiger partial charge is 0.461 e. The van der Waals surface area contributed by atoms with Crippen molar-refractivity contribution < 1.29 is 9.34 Å². The fraction of sp³-hybridized carbons (Fsp3) is 0.0833. The monoisotopic (exact) mass is 303 g/mol. The summed E-state index contributed by atoms with van der Waals surface area (Å²) in [4.78, 5) is 14.5. The highest BCUT2D eigenvalue weighted by atomic mass is 32.2. The third-order valence-electron chi connectivity index (χ3n) is 2.71. The number of furan rings is 1. The van der Waals surface area contributed by atoms with Crippen molar-refractivity contribution >= 4 is 17.4 Å². The van der Waals surface area contributed by atoms with E-state index in [0.29, 0.717) is 16.7 Å². The summed E-state index contributed by atoms with van der Waals surface area (Å²) in [7, 11) is 1.76. The molecule has 0 aliphatic carbocycles. The molecule has 0 unspecified atom stereocenters. The molecule has 0 fully saturated rings. The molecule has 0 saturated carbocycles. The van der Waals surface area contributed by atoms with Gasteiger partial charge in [0.15, 0.2) is 21.8 Å². The fourth-order valence-corrected chi connectivity index (χ4v) is 2.55. The quantitative estimate of drug-likeness (QED) is 0.539. The predicted octanol–water partition coefficient (Wildman–Crippen LogP) is 2.53. The van der Waals surface area contributed by atoms with Crippen molar-refractivity contribution in [2.24, 2.45) is 7.05 Å². The van der Waals surface area contributed by atoms with Gasteiger partial charge in [-0.05, 0) is 30.0 Å². The minimum atomic E-state index is -0.473. The summed E-state index contributed by atoms with van der Waals surface area (Å²) in [5.74, 6) is 1.12. The summed E-state index contributed by atoms with van der Waals surface area (Å²) in [5.41, 5.74) is -0.0648. The van der Waals surface area contributed by atoms with Gasteiger partial charge in [0.05, 0.1) is 11.2 Å². The van der Waals surface area contributed by atoms with Gasteiger partial charge in [-0.25, -0.2) is 4.98 Å². The van der Waals surface area contributed by atoms with Crippen molar-refractivity contribution in [2.75, 3.05) is 0 Å². The Morgan fingerprint density at radius 2 is 2.19 bits per heavy atom. The zero-order valence-corrected chi connectivity index (χ0v) is 11.6. The number of aromatic nitrogens is 4. The van der Waals surface area contributed by atoms with Crippen LogP contribution in [0.1, 0.15) is 0 Å². The van der Waals surface area contributed by atoms with Crippen LogP contribution in [0.5, 0.6) is 0 Å². The van der Waals surface area contributed by atoms with Gasteiger partial charge in [0.1, 0.15) is 0 Å². The Balaban J connectivity index is 1.95. The second kappa shape index (κ2) is 5.37. The van der Waals surface area contributed by atoms with Gasteiger partial charge in [-0.1, -0.05) is 0 Å². The van der Waals surface area contributed by atoms with E-state index in [4.69, 9.17) is 4.42 Å². The summed E-state index contributed by atoms with van der Waals surface area (Å²) in [6.45, 7) is 0. The minimum Gasteiger partial charge on any atom is -0.461 e. The van der Waals surface area contributed by atoms with Gasteiger partial charge in [-0.15, -0.1) is 10.2 Å². The Kier molecular flexibility index (Phi) is 3.40. The summed E-state index contributed by atoms with van der Waals surface area (Å²) in [6, 6.07) is 6.44. The van der Waals surface area contributed by atoms with Crippen LogP contribution >= 0.6 is 11.8 Å². The van der Waals surface area contributed by atoms with E-state index < -0.39 is 4.92 Å². The first-order valence-electron chi connectivity index (χ1n) is 5.87. The zero-order chi connectivity index (χ0) is 14.8. The molecule has 0 radical (unpaired) electrons. The smallest absolute Gasteiger partial charge is 0.301 e. The normalized spacial score (nSPS) is 10.7. The van der Waals surface area contributed by atoms with Crippen LogP contribution in [0.15, 0.2) is 51.3 Å². The van der Waals surface area contributed by atoms with Crippen molar-refractivity contribution in [3.8, 4) is 11.6 Å². The molecule has 0 atom stereocenters. The molecule has 106 valence electrons. The van der Waals surface area contributed by atoms with E-state index in [1.807, 2.05) is 0 Å². The van der Waals surface area contributed by atoms with Gasteiger partial charge >= 0.3 is 5.69 Å². The summed E-state index contributed by atoms with van der Waals surface area (Å²) in [6.07, 6.45) is 3.04. The molecule has 0 spiro atoms. The van der Waals surface area contributed by atoms with Crippen LogP contribution < -0.4 is 0 Å². The highest BCUT2D eigenvalue weighted by molar-refractivity contribution is 7.99. The summed E-state index contributed by atoms with van der Waals surface area (Å²) < 4.78 is 6.97. The summed E-state index contributed by atoms with van der Waals surface area (Å²) in [5, 5.41) is 19.8. The maximum atomic E-state index is 11.0. The van der Waals surface area contributed by atoms with Crippen molar-refractivity contribution in [3.63, 3.8) is 0 Å². The molecule has 0 saturated heterocycles. The van der Waals surface area contributed by atoms with Gasteiger partial charge in [0, 0.05) is 19.3 Å². The van der Waals surface area contributed by atoms with E-state index >= 15 is 0 Å². The zero-order valence-electron chi connectivity index (χ0n) is 10.8. The molecule has 3 aromatic heterocycles. The Labute approximate surface area is 123 Å². The molecule has 3 aromatic rings. The highest BCUT2D eigenvalue weighted by Gasteiger charge is 2.20. The maximum absolute atomic E-state index is 11.0.